The van der Waals surface area contributed by atoms with Crippen LogP contribution in [0.1, 0.15) is 41.2 Å². The fourth-order valence-electron chi connectivity index (χ4n) is 1.69. The largest absolute Gasteiger partial charge is 0.477 e. The third-order valence-corrected chi connectivity index (χ3v) is 2.84. The summed E-state index contributed by atoms with van der Waals surface area (Å²) < 4.78 is 1.11. The summed E-state index contributed by atoms with van der Waals surface area (Å²) in [5.74, 6) is -0.853. The van der Waals surface area contributed by atoms with Crippen molar-refractivity contribution in [1.29, 1.82) is 0 Å². The third-order valence-electron chi connectivity index (χ3n) is 2.84. The summed E-state index contributed by atoms with van der Waals surface area (Å²) in [6, 6.07) is 1.41. The van der Waals surface area contributed by atoms with Gasteiger partial charge in [0.25, 0.3) is 5.56 Å². The Kier molecular flexibility index (Phi) is 2.30. The lowest BCUT2D eigenvalue weighted by Crippen LogP contribution is -2.28. The maximum atomic E-state index is 11.4. The van der Waals surface area contributed by atoms with Gasteiger partial charge >= 0.3 is 5.97 Å². The number of nitrogens with zero attached hydrogens (tertiary/aromatic N) is 2. The second kappa shape index (κ2) is 3.49. The zero-order chi connectivity index (χ0) is 11.0. The first-order chi connectivity index (χ1) is 7.09. The van der Waals surface area contributed by atoms with E-state index >= 15 is 0 Å². The van der Waals surface area contributed by atoms with Gasteiger partial charge in [-0.1, -0.05) is 6.42 Å². The van der Waals surface area contributed by atoms with Gasteiger partial charge in [-0.15, -0.1) is 0 Å². The maximum Gasteiger partial charge on any atom is 0.341 e. The van der Waals surface area contributed by atoms with Crippen LogP contribution in [0.4, 0.5) is 0 Å². The van der Waals surface area contributed by atoms with Crippen LogP contribution in [-0.4, -0.2) is 20.9 Å². The first-order valence-electron chi connectivity index (χ1n) is 4.91. The predicted octanol–water partition coefficient (Wildman–Crippen LogP) is 0.746. The molecule has 0 radical (unpaired) electrons. The Labute approximate surface area is 86.4 Å². The van der Waals surface area contributed by atoms with E-state index in [4.69, 9.17) is 5.11 Å². The van der Waals surface area contributed by atoms with E-state index in [0.717, 1.165) is 29.6 Å². The second-order valence-corrected chi connectivity index (χ2v) is 3.84. The van der Waals surface area contributed by atoms with Gasteiger partial charge in [0.1, 0.15) is 5.56 Å². The van der Waals surface area contributed by atoms with Crippen molar-refractivity contribution >= 4 is 5.97 Å². The number of aromatic nitrogens is 2. The summed E-state index contributed by atoms with van der Waals surface area (Å²) in [5, 5.41) is 12.9. The van der Waals surface area contributed by atoms with E-state index in [1.807, 2.05) is 0 Å². The summed E-state index contributed by atoms with van der Waals surface area (Å²) in [6.45, 7) is 0. The lowest BCUT2D eigenvalue weighted by Gasteiger charge is -2.24. The molecule has 1 saturated carbocycles. The van der Waals surface area contributed by atoms with Gasteiger partial charge in [-0.3, -0.25) is 4.79 Å². The molecular formula is C10H12N2O3. The Bertz CT molecular complexity index is 460. The molecule has 0 saturated heterocycles. The van der Waals surface area contributed by atoms with Crippen LogP contribution in [0, 0.1) is 0 Å². The van der Waals surface area contributed by atoms with Crippen molar-refractivity contribution in [3.8, 4) is 0 Å². The van der Waals surface area contributed by atoms with Crippen molar-refractivity contribution in [2.45, 2.75) is 25.2 Å². The van der Waals surface area contributed by atoms with Crippen molar-refractivity contribution in [2.24, 2.45) is 7.05 Å². The van der Waals surface area contributed by atoms with Crippen LogP contribution in [0.5, 0.6) is 0 Å². The molecule has 0 bridgehead atoms. The molecule has 5 heteroatoms. The van der Waals surface area contributed by atoms with Gasteiger partial charge in [-0.2, -0.15) is 5.10 Å². The molecule has 1 aromatic rings. The summed E-state index contributed by atoms with van der Waals surface area (Å²) in [6.07, 6.45) is 3.21. The zero-order valence-corrected chi connectivity index (χ0v) is 8.43. The summed E-state index contributed by atoms with van der Waals surface area (Å²) >= 11 is 0. The van der Waals surface area contributed by atoms with Crippen molar-refractivity contribution in [3.63, 3.8) is 0 Å². The molecule has 2 rings (SSSR count). The van der Waals surface area contributed by atoms with Gasteiger partial charge in [0, 0.05) is 13.0 Å². The predicted molar refractivity (Wildman–Crippen MR) is 53.0 cm³/mol. The van der Waals surface area contributed by atoms with E-state index in [2.05, 4.69) is 5.10 Å². The van der Waals surface area contributed by atoms with E-state index in [-0.39, 0.29) is 5.56 Å². The van der Waals surface area contributed by atoms with Gasteiger partial charge < -0.3 is 5.11 Å². The minimum absolute atomic E-state index is 0.186. The average molecular weight is 208 g/mol. The van der Waals surface area contributed by atoms with Crippen LogP contribution >= 0.6 is 0 Å². The molecule has 1 heterocycles. The molecule has 1 aliphatic carbocycles. The number of carboxylic acid groups (broad SMARTS) is 1. The molecular weight excluding hydrogens is 196 g/mol. The number of aromatic carboxylic acids is 1. The SMILES string of the molecule is Cn1nc(C2CCC2)cc(C(=O)O)c1=O. The molecule has 0 unspecified atom stereocenters. The second-order valence-electron chi connectivity index (χ2n) is 3.84. The molecule has 0 amide bonds. The van der Waals surface area contributed by atoms with Crippen LogP contribution < -0.4 is 5.56 Å². The van der Waals surface area contributed by atoms with E-state index in [9.17, 15) is 9.59 Å². The maximum absolute atomic E-state index is 11.4. The zero-order valence-electron chi connectivity index (χ0n) is 8.43. The van der Waals surface area contributed by atoms with Crippen molar-refractivity contribution in [1.82, 2.24) is 9.78 Å². The average Bonchev–Trinajstić information content (AvgIpc) is 2.07. The Morgan fingerprint density at radius 3 is 2.73 bits per heavy atom. The van der Waals surface area contributed by atoms with Crippen LogP contribution in [0.15, 0.2) is 10.9 Å². The smallest absolute Gasteiger partial charge is 0.341 e. The highest BCUT2D eigenvalue weighted by Gasteiger charge is 2.23. The van der Waals surface area contributed by atoms with Crippen LogP contribution in [-0.2, 0) is 7.05 Å². The molecule has 0 aliphatic heterocycles. The fourth-order valence-corrected chi connectivity index (χ4v) is 1.69. The van der Waals surface area contributed by atoms with Crippen molar-refractivity contribution < 1.29 is 9.90 Å². The summed E-state index contributed by atoms with van der Waals surface area (Å²) in [5.41, 5.74) is -0.0132. The lowest BCUT2D eigenvalue weighted by molar-refractivity contribution is 0.0693. The Balaban J connectivity index is 2.50. The van der Waals surface area contributed by atoms with Crippen LogP contribution in [0.3, 0.4) is 0 Å². The third kappa shape index (κ3) is 1.65. The Morgan fingerprint density at radius 1 is 1.60 bits per heavy atom. The van der Waals surface area contributed by atoms with Gasteiger partial charge in [0.2, 0.25) is 0 Å². The minimum Gasteiger partial charge on any atom is -0.477 e. The van der Waals surface area contributed by atoms with Gasteiger partial charge in [0.05, 0.1) is 5.69 Å². The molecule has 1 aliphatic rings. The Morgan fingerprint density at radius 2 is 2.27 bits per heavy atom. The highest BCUT2D eigenvalue weighted by molar-refractivity contribution is 5.87. The van der Waals surface area contributed by atoms with Gasteiger partial charge in [0.15, 0.2) is 0 Å². The molecule has 1 fully saturated rings. The first-order valence-corrected chi connectivity index (χ1v) is 4.91. The fraction of sp³-hybridized carbons (Fsp3) is 0.500. The highest BCUT2D eigenvalue weighted by Crippen LogP contribution is 2.34. The van der Waals surface area contributed by atoms with Gasteiger partial charge in [-0.25, -0.2) is 9.48 Å². The van der Waals surface area contributed by atoms with Crippen LogP contribution in [0.25, 0.3) is 0 Å². The van der Waals surface area contributed by atoms with Crippen molar-refractivity contribution in [2.75, 3.05) is 0 Å². The molecule has 5 nitrogen and oxygen atoms in total. The number of rotatable bonds is 2. The number of carboxylic acids is 1. The summed E-state index contributed by atoms with van der Waals surface area (Å²) in [4.78, 5) is 22.2. The van der Waals surface area contributed by atoms with Crippen LogP contribution in [0.2, 0.25) is 0 Å². The monoisotopic (exact) mass is 208 g/mol. The number of hydrogen-bond acceptors (Lipinski definition) is 3. The first kappa shape index (κ1) is 9.89. The molecule has 1 aromatic heterocycles. The minimum atomic E-state index is -1.18. The molecule has 80 valence electrons. The standard InChI is InChI=1S/C10H12N2O3/c1-12-9(13)7(10(14)15)5-8(11-12)6-3-2-4-6/h5-6H,2-4H2,1H3,(H,14,15). The number of carbonyl (C=O) groups is 1. The molecule has 0 atom stereocenters. The van der Waals surface area contributed by atoms with E-state index in [0.29, 0.717) is 5.92 Å². The number of aryl methyl sites for hydroxylation is 1. The van der Waals surface area contributed by atoms with E-state index < -0.39 is 11.5 Å². The highest BCUT2D eigenvalue weighted by atomic mass is 16.4. The van der Waals surface area contributed by atoms with E-state index in [1.165, 1.54) is 13.1 Å². The molecule has 0 aromatic carbocycles. The normalized spacial score (nSPS) is 16.1. The van der Waals surface area contributed by atoms with E-state index in [1.54, 1.807) is 0 Å². The van der Waals surface area contributed by atoms with Gasteiger partial charge in [-0.05, 0) is 18.9 Å². The topological polar surface area (TPSA) is 72.2 Å². The lowest BCUT2D eigenvalue weighted by atomic mass is 9.82. The number of hydrogen-bond donors (Lipinski definition) is 1. The summed E-state index contributed by atoms with van der Waals surface area (Å²) in [7, 11) is 1.48. The van der Waals surface area contributed by atoms with Crippen molar-refractivity contribution in [3.05, 3.63) is 27.7 Å². The molecule has 1 N–H and O–H groups in total. The Hall–Kier alpha value is -1.65. The molecule has 15 heavy (non-hydrogen) atoms. The molecule has 0 spiro atoms. The quantitative estimate of drug-likeness (QED) is 0.778.